The number of aliphatic hydroxyl groups excluding tert-OH is 1. The van der Waals surface area contributed by atoms with Crippen LogP contribution in [0, 0.1) is 0 Å². The van der Waals surface area contributed by atoms with Gasteiger partial charge in [0.2, 0.25) is 6.10 Å². The molecular formula is C16H22O11. The number of hydrogen-bond acceptors (Lipinski definition) is 11. The van der Waals surface area contributed by atoms with E-state index in [2.05, 4.69) is 0 Å². The first-order chi connectivity index (χ1) is 12.4. The Hall–Kier alpha value is -2.53. The fourth-order valence-electron chi connectivity index (χ4n) is 2.72. The Morgan fingerprint density at radius 3 is 1.67 bits per heavy atom. The second-order valence-corrected chi connectivity index (χ2v) is 5.89. The first-order valence-electron chi connectivity index (χ1n) is 7.94. The van der Waals surface area contributed by atoms with Crippen molar-refractivity contribution in [2.24, 2.45) is 0 Å². The predicted molar refractivity (Wildman–Crippen MR) is 83.8 cm³/mol. The average molecular weight is 390 g/mol. The molecule has 27 heavy (non-hydrogen) atoms. The molecule has 1 heterocycles. The smallest absolute Gasteiger partial charge is 0.305 e. The van der Waals surface area contributed by atoms with Gasteiger partial charge in [0.25, 0.3) is 5.79 Å². The Morgan fingerprint density at radius 2 is 1.30 bits per heavy atom. The molecule has 1 aliphatic heterocycles. The zero-order chi connectivity index (χ0) is 20.9. The summed E-state index contributed by atoms with van der Waals surface area (Å²) in [5.41, 5.74) is 0. The highest BCUT2D eigenvalue weighted by atomic mass is 16.8. The molecule has 0 bridgehead atoms. The van der Waals surface area contributed by atoms with Crippen LogP contribution in [0.2, 0.25) is 0 Å². The summed E-state index contributed by atoms with van der Waals surface area (Å²) in [7, 11) is 0. The number of aliphatic hydroxyl groups is 1. The van der Waals surface area contributed by atoms with Crippen molar-refractivity contribution >= 4 is 29.7 Å². The van der Waals surface area contributed by atoms with Crippen molar-refractivity contribution in [3.05, 3.63) is 0 Å². The van der Waals surface area contributed by atoms with E-state index in [1.165, 1.54) is 0 Å². The predicted octanol–water partition coefficient (Wildman–Crippen LogP) is -0.979. The molecule has 1 saturated heterocycles. The van der Waals surface area contributed by atoms with Crippen LogP contribution in [0.15, 0.2) is 0 Å². The highest BCUT2D eigenvalue weighted by molar-refractivity contribution is 5.82. The molecule has 0 aromatic carbocycles. The SMILES string of the molecule is CC(=O)O[C@H]1[C@H](OC(C)=O)[C@@H](OC(C)=O)[C@](CO)(OC(C)=O)O[C@@H]1C(C)=O. The Morgan fingerprint density at radius 1 is 0.815 bits per heavy atom. The zero-order valence-corrected chi connectivity index (χ0v) is 15.5. The molecule has 0 aliphatic carbocycles. The Balaban J connectivity index is 3.58. The Bertz CT molecular complexity index is 628. The largest absolute Gasteiger partial charge is 0.455 e. The van der Waals surface area contributed by atoms with Crippen LogP contribution in [0.3, 0.4) is 0 Å². The number of Topliss-reactive ketones (excluding diaryl/α,β-unsaturated/α-hetero) is 1. The lowest BCUT2D eigenvalue weighted by Gasteiger charge is -2.48. The summed E-state index contributed by atoms with van der Waals surface area (Å²) >= 11 is 0. The molecule has 5 atom stereocenters. The average Bonchev–Trinajstić information content (AvgIpc) is 2.50. The Labute approximate surface area is 154 Å². The van der Waals surface area contributed by atoms with Crippen LogP contribution in [-0.4, -0.2) is 71.6 Å². The van der Waals surface area contributed by atoms with Gasteiger partial charge in [-0.1, -0.05) is 0 Å². The maximum Gasteiger partial charge on any atom is 0.305 e. The van der Waals surface area contributed by atoms with Crippen molar-refractivity contribution in [3.8, 4) is 0 Å². The summed E-state index contributed by atoms with van der Waals surface area (Å²) in [6.45, 7) is 4.13. The van der Waals surface area contributed by atoms with Gasteiger partial charge in [0, 0.05) is 27.7 Å². The van der Waals surface area contributed by atoms with Gasteiger partial charge in [0.1, 0.15) is 6.61 Å². The van der Waals surface area contributed by atoms with Crippen LogP contribution < -0.4 is 0 Å². The number of ether oxygens (including phenoxy) is 5. The standard InChI is InChI=1S/C16H22O11/c1-7(18)12-13(23-8(2)19)14(24-9(3)20)15(25-10(4)21)16(6-17,27-12)26-11(5)22/h12-15,17H,6H2,1-5H3/t12-,13-,14+,15-,16-/m1/s1. The number of carbonyl (C=O) groups is 5. The molecule has 1 N–H and O–H groups in total. The highest BCUT2D eigenvalue weighted by Crippen LogP contribution is 2.37. The van der Waals surface area contributed by atoms with E-state index in [4.69, 9.17) is 23.7 Å². The molecule has 11 nitrogen and oxygen atoms in total. The number of hydrogen-bond donors (Lipinski definition) is 1. The van der Waals surface area contributed by atoms with Crippen molar-refractivity contribution < 1.29 is 52.8 Å². The summed E-state index contributed by atoms with van der Waals surface area (Å²) in [5, 5.41) is 9.84. The first kappa shape index (κ1) is 22.5. The van der Waals surface area contributed by atoms with E-state index >= 15 is 0 Å². The van der Waals surface area contributed by atoms with Gasteiger partial charge < -0.3 is 28.8 Å². The lowest BCUT2D eigenvalue weighted by Crippen LogP contribution is -2.70. The van der Waals surface area contributed by atoms with Gasteiger partial charge in [-0.2, -0.15) is 0 Å². The monoisotopic (exact) mass is 390 g/mol. The molecule has 11 heteroatoms. The fourth-order valence-corrected chi connectivity index (χ4v) is 2.72. The number of rotatable bonds is 6. The third kappa shape index (κ3) is 5.47. The lowest BCUT2D eigenvalue weighted by atomic mass is 9.90. The maximum absolute atomic E-state index is 12.1. The molecule has 0 spiro atoms. The molecular weight excluding hydrogens is 368 g/mol. The van der Waals surface area contributed by atoms with Crippen LogP contribution in [0.5, 0.6) is 0 Å². The van der Waals surface area contributed by atoms with Gasteiger partial charge >= 0.3 is 23.9 Å². The van der Waals surface area contributed by atoms with Crippen LogP contribution in [0.25, 0.3) is 0 Å². The van der Waals surface area contributed by atoms with Crippen LogP contribution in [0.1, 0.15) is 34.6 Å². The molecule has 0 aromatic rings. The molecule has 1 rings (SSSR count). The minimum atomic E-state index is -2.36. The topological polar surface area (TPSA) is 152 Å². The van der Waals surface area contributed by atoms with Gasteiger partial charge in [-0.05, 0) is 6.92 Å². The molecule has 1 aliphatic rings. The lowest BCUT2D eigenvalue weighted by molar-refractivity contribution is -0.352. The third-order valence-corrected chi connectivity index (χ3v) is 3.52. The molecule has 0 aromatic heterocycles. The molecule has 0 amide bonds. The fraction of sp³-hybridized carbons (Fsp3) is 0.688. The van der Waals surface area contributed by atoms with Crippen LogP contribution >= 0.6 is 0 Å². The number of carbonyl (C=O) groups excluding carboxylic acids is 5. The van der Waals surface area contributed by atoms with Gasteiger partial charge in [-0.15, -0.1) is 0 Å². The van der Waals surface area contributed by atoms with Crippen molar-refractivity contribution in [1.29, 1.82) is 0 Å². The molecule has 0 radical (unpaired) electrons. The minimum Gasteiger partial charge on any atom is -0.455 e. The Kier molecular flexibility index (Phi) is 7.43. The van der Waals surface area contributed by atoms with Gasteiger partial charge in [-0.3, -0.25) is 24.0 Å². The van der Waals surface area contributed by atoms with E-state index in [1.54, 1.807) is 0 Å². The molecule has 0 unspecified atom stereocenters. The van der Waals surface area contributed by atoms with Crippen molar-refractivity contribution in [2.75, 3.05) is 6.61 Å². The number of ketones is 1. The molecule has 152 valence electrons. The third-order valence-electron chi connectivity index (χ3n) is 3.52. The normalized spacial score (nSPS) is 30.0. The van der Waals surface area contributed by atoms with Gasteiger partial charge in [0.15, 0.2) is 24.1 Å². The summed E-state index contributed by atoms with van der Waals surface area (Å²) in [6.07, 6.45) is -6.39. The van der Waals surface area contributed by atoms with Crippen LogP contribution in [0.4, 0.5) is 0 Å². The van der Waals surface area contributed by atoms with E-state index in [0.29, 0.717) is 0 Å². The highest BCUT2D eigenvalue weighted by Gasteiger charge is 2.62. The van der Waals surface area contributed by atoms with Crippen molar-refractivity contribution in [3.63, 3.8) is 0 Å². The quantitative estimate of drug-likeness (QED) is 0.440. The second kappa shape index (κ2) is 8.91. The molecule has 0 saturated carbocycles. The van der Waals surface area contributed by atoms with E-state index < -0.39 is 66.5 Å². The summed E-state index contributed by atoms with van der Waals surface area (Å²) in [6, 6.07) is 0. The van der Waals surface area contributed by atoms with Crippen molar-refractivity contribution in [1.82, 2.24) is 0 Å². The zero-order valence-electron chi connectivity index (χ0n) is 15.5. The summed E-state index contributed by atoms with van der Waals surface area (Å²) in [5.74, 6) is -6.56. The first-order valence-corrected chi connectivity index (χ1v) is 7.94. The number of esters is 4. The second-order valence-electron chi connectivity index (χ2n) is 5.89. The van der Waals surface area contributed by atoms with E-state index in [1.807, 2.05) is 0 Å². The maximum atomic E-state index is 12.1. The van der Waals surface area contributed by atoms with Gasteiger partial charge in [0.05, 0.1) is 0 Å². The van der Waals surface area contributed by atoms with Gasteiger partial charge in [-0.25, -0.2) is 0 Å². The summed E-state index contributed by atoms with van der Waals surface area (Å²) < 4.78 is 25.7. The van der Waals surface area contributed by atoms with E-state index in [-0.39, 0.29) is 0 Å². The van der Waals surface area contributed by atoms with E-state index in [9.17, 15) is 29.1 Å². The van der Waals surface area contributed by atoms with Crippen LogP contribution in [-0.2, 0) is 47.7 Å². The summed E-state index contributed by atoms with van der Waals surface area (Å²) in [4.78, 5) is 58.2. The van der Waals surface area contributed by atoms with E-state index in [0.717, 1.165) is 34.6 Å². The minimum absolute atomic E-state index is 0.676. The molecule has 1 fully saturated rings. The van der Waals surface area contributed by atoms with Crippen molar-refractivity contribution in [2.45, 2.75) is 64.8 Å².